The van der Waals surface area contributed by atoms with Crippen molar-refractivity contribution in [3.05, 3.63) is 0 Å². The number of urea groups is 1. The molecule has 0 radical (unpaired) electrons. The molecular formula is C11H19N3O2. The number of hydrogen-bond acceptors (Lipinski definition) is 2. The van der Waals surface area contributed by atoms with E-state index in [1.165, 1.54) is 19.3 Å². The molecule has 1 heterocycles. The quantitative estimate of drug-likeness (QED) is 0.681. The molecule has 1 saturated carbocycles. The molecule has 0 unspecified atom stereocenters. The topological polar surface area (TPSA) is 61.4 Å². The van der Waals surface area contributed by atoms with Crippen molar-refractivity contribution >= 4 is 11.9 Å². The number of amides is 3. The number of hydrogen-bond donors (Lipinski definition) is 2. The molecule has 2 rings (SSSR count). The molecular weight excluding hydrogens is 206 g/mol. The second kappa shape index (κ2) is 5.18. The van der Waals surface area contributed by atoms with Crippen LogP contribution in [0.2, 0.25) is 0 Å². The van der Waals surface area contributed by atoms with E-state index in [1.807, 2.05) is 0 Å². The number of carbonyl (C=O) groups is 2. The van der Waals surface area contributed by atoms with E-state index in [9.17, 15) is 9.59 Å². The normalized spacial score (nSPS) is 22.8. The van der Waals surface area contributed by atoms with Gasteiger partial charge < -0.3 is 15.5 Å². The minimum Gasteiger partial charge on any atom is -0.353 e. The third-order valence-electron chi connectivity index (χ3n) is 3.26. The Hall–Kier alpha value is -1.26. The first kappa shape index (κ1) is 11.2. The molecule has 2 fully saturated rings. The average Bonchev–Trinajstić information content (AvgIpc) is 2.30. The molecule has 0 aromatic carbocycles. The lowest BCUT2D eigenvalue weighted by molar-refractivity contribution is -0.123. The number of nitrogens with one attached hydrogen (secondary N) is 2. The smallest absolute Gasteiger partial charge is 0.318 e. The number of piperazine rings is 1. The zero-order valence-corrected chi connectivity index (χ0v) is 9.50. The molecule has 0 aromatic heterocycles. The van der Waals surface area contributed by atoms with Crippen LogP contribution in [0.4, 0.5) is 4.79 Å². The van der Waals surface area contributed by atoms with Gasteiger partial charge in [-0.1, -0.05) is 19.3 Å². The van der Waals surface area contributed by atoms with Crippen molar-refractivity contribution in [2.45, 2.75) is 38.1 Å². The zero-order valence-electron chi connectivity index (χ0n) is 9.50. The predicted molar refractivity (Wildman–Crippen MR) is 60.0 cm³/mol. The highest BCUT2D eigenvalue weighted by molar-refractivity contribution is 5.85. The summed E-state index contributed by atoms with van der Waals surface area (Å²) in [5.41, 5.74) is 0. The first-order valence-electron chi connectivity index (χ1n) is 6.08. The fourth-order valence-electron chi connectivity index (χ4n) is 2.32. The van der Waals surface area contributed by atoms with Gasteiger partial charge in [-0.2, -0.15) is 0 Å². The minimum atomic E-state index is -0.0817. The van der Waals surface area contributed by atoms with Gasteiger partial charge in [0.1, 0.15) is 6.54 Å². The summed E-state index contributed by atoms with van der Waals surface area (Å²) in [6, 6.07) is 0.230. The molecule has 1 aliphatic carbocycles. The van der Waals surface area contributed by atoms with Crippen LogP contribution >= 0.6 is 0 Å². The van der Waals surface area contributed by atoms with Gasteiger partial charge in [-0.05, 0) is 12.8 Å². The largest absolute Gasteiger partial charge is 0.353 e. The van der Waals surface area contributed by atoms with Gasteiger partial charge in [0, 0.05) is 19.1 Å². The van der Waals surface area contributed by atoms with Gasteiger partial charge in [-0.25, -0.2) is 4.79 Å². The van der Waals surface area contributed by atoms with E-state index in [1.54, 1.807) is 4.90 Å². The maximum absolute atomic E-state index is 11.8. The number of nitrogens with zero attached hydrogens (tertiary/aromatic N) is 1. The van der Waals surface area contributed by atoms with E-state index in [-0.39, 0.29) is 18.5 Å². The molecule has 3 amide bonds. The van der Waals surface area contributed by atoms with Crippen molar-refractivity contribution in [2.24, 2.45) is 0 Å². The molecule has 0 bridgehead atoms. The molecule has 0 aromatic rings. The van der Waals surface area contributed by atoms with Gasteiger partial charge >= 0.3 is 6.03 Å². The lowest BCUT2D eigenvalue weighted by Crippen LogP contribution is -2.54. The van der Waals surface area contributed by atoms with Crippen molar-refractivity contribution < 1.29 is 9.59 Å². The van der Waals surface area contributed by atoms with Gasteiger partial charge in [0.25, 0.3) is 0 Å². The highest BCUT2D eigenvalue weighted by Gasteiger charge is 2.23. The number of rotatable bonds is 1. The predicted octanol–water partition coefficient (Wildman–Crippen LogP) is 0.460. The van der Waals surface area contributed by atoms with Gasteiger partial charge in [-0.15, -0.1) is 0 Å². The first-order valence-corrected chi connectivity index (χ1v) is 6.08. The highest BCUT2D eigenvalue weighted by atomic mass is 16.2. The summed E-state index contributed by atoms with van der Waals surface area (Å²) >= 11 is 0. The van der Waals surface area contributed by atoms with E-state index in [4.69, 9.17) is 0 Å². The Morgan fingerprint density at radius 1 is 1.31 bits per heavy atom. The van der Waals surface area contributed by atoms with Crippen molar-refractivity contribution in [2.75, 3.05) is 19.6 Å². The van der Waals surface area contributed by atoms with E-state index >= 15 is 0 Å². The molecule has 5 heteroatoms. The van der Waals surface area contributed by atoms with Crippen LogP contribution in [-0.2, 0) is 4.79 Å². The summed E-state index contributed by atoms with van der Waals surface area (Å²) < 4.78 is 0. The van der Waals surface area contributed by atoms with Gasteiger partial charge in [0.15, 0.2) is 0 Å². The minimum absolute atomic E-state index is 0.0648. The van der Waals surface area contributed by atoms with Gasteiger partial charge in [0.05, 0.1) is 0 Å². The second-order valence-electron chi connectivity index (χ2n) is 4.56. The maximum Gasteiger partial charge on any atom is 0.318 e. The highest BCUT2D eigenvalue weighted by Crippen LogP contribution is 2.17. The SMILES string of the molecule is O=C1CN(C(=O)NC2CCCCC2)CCN1. The van der Waals surface area contributed by atoms with E-state index in [2.05, 4.69) is 10.6 Å². The molecule has 2 aliphatic rings. The molecule has 2 N–H and O–H groups in total. The average molecular weight is 225 g/mol. The maximum atomic E-state index is 11.8. The Balaban J connectivity index is 1.79. The molecule has 90 valence electrons. The van der Waals surface area contributed by atoms with Crippen LogP contribution in [0.1, 0.15) is 32.1 Å². The summed E-state index contributed by atoms with van der Waals surface area (Å²) in [6.45, 7) is 1.37. The van der Waals surface area contributed by atoms with Crippen LogP contribution < -0.4 is 10.6 Å². The zero-order chi connectivity index (χ0) is 11.4. The van der Waals surface area contributed by atoms with Crippen molar-refractivity contribution in [1.29, 1.82) is 0 Å². The molecule has 5 nitrogen and oxygen atoms in total. The monoisotopic (exact) mass is 225 g/mol. The lowest BCUT2D eigenvalue weighted by atomic mass is 9.96. The summed E-state index contributed by atoms with van der Waals surface area (Å²) in [5, 5.41) is 5.73. The summed E-state index contributed by atoms with van der Waals surface area (Å²) in [4.78, 5) is 24.6. The molecule has 0 spiro atoms. The second-order valence-corrected chi connectivity index (χ2v) is 4.56. The fraction of sp³-hybridized carbons (Fsp3) is 0.818. The van der Waals surface area contributed by atoms with E-state index < -0.39 is 0 Å². The van der Waals surface area contributed by atoms with Crippen LogP contribution in [-0.4, -0.2) is 42.5 Å². The Morgan fingerprint density at radius 3 is 2.75 bits per heavy atom. The third-order valence-corrected chi connectivity index (χ3v) is 3.26. The standard InChI is InChI=1S/C11H19N3O2/c15-10-8-14(7-6-12-10)11(16)13-9-4-2-1-3-5-9/h9H,1-8H2,(H,12,15)(H,13,16). The van der Waals surface area contributed by atoms with Crippen LogP contribution in [0.15, 0.2) is 0 Å². The third kappa shape index (κ3) is 2.87. The molecule has 0 atom stereocenters. The van der Waals surface area contributed by atoms with E-state index in [0.717, 1.165) is 12.8 Å². The summed E-state index contributed by atoms with van der Waals surface area (Å²) in [7, 11) is 0. The van der Waals surface area contributed by atoms with Crippen LogP contribution in [0, 0.1) is 0 Å². The first-order chi connectivity index (χ1) is 7.75. The van der Waals surface area contributed by atoms with Gasteiger partial charge in [-0.3, -0.25) is 4.79 Å². The van der Waals surface area contributed by atoms with Crippen molar-refractivity contribution in [3.63, 3.8) is 0 Å². The Kier molecular flexibility index (Phi) is 3.64. The summed E-state index contributed by atoms with van der Waals surface area (Å²) in [6.07, 6.45) is 5.83. The Labute approximate surface area is 95.6 Å². The molecule has 1 aliphatic heterocycles. The molecule has 16 heavy (non-hydrogen) atoms. The lowest BCUT2D eigenvalue weighted by Gasteiger charge is -2.30. The van der Waals surface area contributed by atoms with Crippen LogP contribution in [0.5, 0.6) is 0 Å². The van der Waals surface area contributed by atoms with Crippen LogP contribution in [0.25, 0.3) is 0 Å². The number of carbonyl (C=O) groups excluding carboxylic acids is 2. The fourth-order valence-corrected chi connectivity index (χ4v) is 2.32. The van der Waals surface area contributed by atoms with Crippen molar-refractivity contribution in [1.82, 2.24) is 15.5 Å². The Bertz CT molecular complexity index is 274. The summed E-state index contributed by atoms with van der Waals surface area (Å²) in [5.74, 6) is -0.0648. The van der Waals surface area contributed by atoms with E-state index in [0.29, 0.717) is 19.1 Å². The van der Waals surface area contributed by atoms with Crippen LogP contribution in [0.3, 0.4) is 0 Å². The van der Waals surface area contributed by atoms with Gasteiger partial charge in [0.2, 0.25) is 5.91 Å². The molecule has 1 saturated heterocycles. The van der Waals surface area contributed by atoms with Crippen molar-refractivity contribution in [3.8, 4) is 0 Å². The Morgan fingerprint density at radius 2 is 2.06 bits per heavy atom.